The maximum absolute atomic E-state index is 13.3. The zero-order chi connectivity index (χ0) is 20.5. The molecule has 4 rings (SSSR count). The molecule has 29 heavy (non-hydrogen) atoms. The molecule has 10 heteroatoms. The number of carbonyl (C=O) groups excluding carboxylic acids is 1. The third-order valence-electron chi connectivity index (χ3n) is 5.03. The Morgan fingerprint density at radius 1 is 1.24 bits per heavy atom. The van der Waals surface area contributed by atoms with Crippen LogP contribution in [-0.2, 0) is 11.3 Å². The zero-order valence-corrected chi connectivity index (χ0v) is 15.8. The minimum atomic E-state index is -1.07. The van der Waals surface area contributed by atoms with Crippen molar-refractivity contribution in [2.75, 3.05) is 16.8 Å². The van der Waals surface area contributed by atoms with Gasteiger partial charge in [0.15, 0.2) is 11.6 Å². The van der Waals surface area contributed by atoms with E-state index < -0.39 is 23.2 Å². The van der Waals surface area contributed by atoms with Gasteiger partial charge in [-0.15, -0.1) is 5.10 Å². The lowest BCUT2D eigenvalue weighted by atomic mass is 10.0. The monoisotopic (exact) mass is 402 g/mol. The lowest BCUT2D eigenvalue weighted by Crippen LogP contribution is -2.38. The number of benzene rings is 1. The van der Waals surface area contributed by atoms with Crippen molar-refractivity contribution in [2.45, 2.75) is 38.8 Å². The lowest BCUT2D eigenvalue weighted by Gasteiger charge is -2.34. The number of rotatable bonds is 4. The second kappa shape index (κ2) is 7.61. The SMILES string of the molecule is C[C@@H]1CCCCN1c1ccn2c(=O)n(CC(=O)Nc3ccc(F)c(F)c3)nc2n1. The Labute approximate surface area is 164 Å². The molecule has 0 aliphatic carbocycles. The Bertz CT molecular complexity index is 1130. The molecule has 0 saturated carbocycles. The van der Waals surface area contributed by atoms with Crippen LogP contribution in [0.2, 0.25) is 0 Å². The molecule has 3 aromatic rings. The van der Waals surface area contributed by atoms with Crippen molar-refractivity contribution >= 4 is 23.2 Å². The summed E-state index contributed by atoms with van der Waals surface area (Å²) in [6.45, 7) is 2.65. The van der Waals surface area contributed by atoms with Gasteiger partial charge in [-0.25, -0.2) is 22.7 Å². The topological polar surface area (TPSA) is 84.5 Å². The molecule has 152 valence electrons. The number of carbonyl (C=O) groups is 1. The van der Waals surface area contributed by atoms with Crippen molar-refractivity contribution in [1.29, 1.82) is 0 Å². The number of halogens is 2. The Morgan fingerprint density at radius 2 is 2.07 bits per heavy atom. The summed E-state index contributed by atoms with van der Waals surface area (Å²) in [5.74, 6) is -1.73. The van der Waals surface area contributed by atoms with Crippen LogP contribution in [0.15, 0.2) is 35.3 Å². The third-order valence-corrected chi connectivity index (χ3v) is 5.03. The highest BCUT2D eigenvalue weighted by Crippen LogP contribution is 2.22. The van der Waals surface area contributed by atoms with Crippen molar-refractivity contribution in [2.24, 2.45) is 0 Å². The van der Waals surface area contributed by atoms with Crippen LogP contribution in [0.1, 0.15) is 26.2 Å². The van der Waals surface area contributed by atoms with Gasteiger partial charge in [0.25, 0.3) is 5.78 Å². The molecule has 8 nitrogen and oxygen atoms in total. The van der Waals surface area contributed by atoms with E-state index >= 15 is 0 Å². The smallest absolute Gasteiger partial charge is 0.352 e. The number of fused-ring (bicyclic) bond motifs is 1. The molecule has 1 fully saturated rings. The van der Waals surface area contributed by atoms with E-state index in [2.05, 4.69) is 27.2 Å². The molecule has 1 N–H and O–H groups in total. The van der Waals surface area contributed by atoms with Gasteiger partial charge in [-0.05, 0) is 44.4 Å². The summed E-state index contributed by atoms with van der Waals surface area (Å²) in [6, 6.07) is 5.14. The maximum Gasteiger partial charge on any atom is 0.352 e. The number of hydrogen-bond donors (Lipinski definition) is 1. The van der Waals surface area contributed by atoms with E-state index in [4.69, 9.17) is 0 Å². The molecule has 0 spiro atoms. The molecular weight excluding hydrogens is 382 g/mol. The quantitative estimate of drug-likeness (QED) is 0.723. The number of amides is 1. The van der Waals surface area contributed by atoms with Gasteiger partial charge in [-0.1, -0.05) is 0 Å². The first kappa shape index (κ1) is 19.0. The Balaban J connectivity index is 1.54. The molecule has 0 bridgehead atoms. The summed E-state index contributed by atoms with van der Waals surface area (Å²) in [5, 5.41) is 6.56. The summed E-state index contributed by atoms with van der Waals surface area (Å²) in [7, 11) is 0. The molecule has 3 heterocycles. The predicted molar refractivity (Wildman–Crippen MR) is 103 cm³/mol. The molecule has 0 unspecified atom stereocenters. The van der Waals surface area contributed by atoms with Crippen LogP contribution in [0.3, 0.4) is 0 Å². The Hall–Kier alpha value is -3.30. The Morgan fingerprint density at radius 3 is 2.83 bits per heavy atom. The van der Waals surface area contributed by atoms with E-state index in [9.17, 15) is 18.4 Å². The fourth-order valence-corrected chi connectivity index (χ4v) is 3.51. The van der Waals surface area contributed by atoms with Crippen LogP contribution >= 0.6 is 0 Å². The van der Waals surface area contributed by atoms with Crippen LogP contribution < -0.4 is 15.9 Å². The van der Waals surface area contributed by atoms with Gasteiger partial charge >= 0.3 is 5.69 Å². The van der Waals surface area contributed by atoms with Crippen molar-refractivity contribution in [1.82, 2.24) is 19.2 Å². The van der Waals surface area contributed by atoms with Gasteiger partial charge in [0.2, 0.25) is 5.91 Å². The summed E-state index contributed by atoms with van der Waals surface area (Å²) in [4.78, 5) is 31.3. The van der Waals surface area contributed by atoms with Crippen molar-refractivity contribution < 1.29 is 13.6 Å². The van der Waals surface area contributed by atoms with E-state index in [1.54, 1.807) is 12.3 Å². The highest BCUT2D eigenvalue weighted by Gasteiger charge is 2.21. The number of hydrogen-bond acceptors (Lipinski definition) is 5. The van der Waals surface area contributed by atoms with E-state index in [0.717, 1.165) is 42.0 Å². The van der Waals surface area contributed by atoms with E-state index in [1.807, 2.05) is 0 Å². The zero-order valence-electron chi connectivity index (χ0n) is 15.8. The number of anilines is 2. The highest BCUT2D eigenvalue weighted by molar-refractivity contribution is 5.90. The first-order valence-electron chi connectivity index (χ1n) is 9.40. The minimum Gasteiger partial charge on any atom is -0.354 e. The van der Waals surface area contributed by atoms with Gasteiger partial charge in [-0.2, -0.15) is 4.98 Å². The molecular formula is C19H20F2N6O2. The number of aromatic nitrogens is 4. The van der Waals surface area contributed by atoms with Crippen molar-refractivity contribution in [3.05, 3.63) is 52.6 Å². The summed E-state index contributed by atoms with van der Waals surface area (Å²) in [5.41, 5.74) is -0.420. The van der Waals surface area contributed by atoms with Gasteiger partial charge < -0.3 is 10.2 Å². The fourth-order valence-electron chi connectivity index (χ4n) is 3.51. The summed E-state index contributed by atoms with van der Waals surface area (Å²) < 4.78 is 28.5. The molecule has 1 aromatic carbocycles. The standard InChI is InChI=1S/C19H20F2N6O2/c1-12-4-2-3-8-25(12)16-7-9-26-18(23-16)24-27(19(26)29)11-17(28)22-13-5-6-14(20)15(21)10-13/h5-7,9-10,12H,2-4,8,11H2,1H3,(H,22,28)/t12-/m1/s1. The summed E-state index contributed by atoms with van der Waals surface area (Å²) in [6.07, 6.45) is 4.94. The van der Waals surface area contributed by atoms with E-state index in [0.29, 0.717) is 6.04 Å². The average Bonchev–Trinajstić information content (AvgIpc) is 3.00. The van der Waals surface area contributed by atoms with Crippen molar-refractivity contribution in [3.63, 3.8) is 0 Å². The number of piperidine rings is 1. The molecule has 1 aliphatic rings. The van der Waals surface area contributed by atoms with Gasteiger partial charge in [0.1, 0.15) is 12.4 Å². The van der Waals surface area contributed by atoms with Gasteiger partial charge in [-0.3, -0.25) is 4.79 Å². The summed E-state index contributed by atoms with van der Waals surface area (Å²) >= 11 is 0. The second-order valence-electron chi connectivity index (χ2n) is 7.11. The largest absolute Gasteiger partial charge is 0.354 e. The fraction of sp³-hybridized carbons (Fsp3) is 0.368. The predicted octanol–water partition coefficient (Wildman–Crippen LogP) is 2.19. The minimum absolute atomic E-state index is 0.0882. The average molecular weight is 402 g/mol. The van der Waals surface area contributed by atoms with Crippen molar-refractivity contribution in [3.8, 4) is 0 Å². The van der Waals surface area contributed by atoms with E-state index in [-0.39, 0.29) is 18.0 Å². The normalized spacial score (nSPS) is 16.9. The van der Waals surface area contributed by atoms with Crippen LogP contribution in [0.5, 0.6) is 0 Å². The van der Waals surface area contributed by atoms with Gasteiger partial charge in [0.05, 0.1) is 0 Å². The number of nitrogens with one attached hydrogen (secondary N) is 1. The molecule has 1 atom stereocenters. The second-order valence-corrected chi connectivity index (χ2v) is 7.11. The molecule has 2 aromatic heterocycles. The van der Waals surface area contributed by atoms with Crippen LogP contribution in [0.25, 0.3) is 5.78 Å². The van der Waals surface area contributed by atoms with Gasteiger partial charge in [0, 0.05) is 30.5 Å². The first-order valence-corrected chi connectivity index (χ1v) is 9.40. The van der Waals surface area contributed by atoms with E-state index in [1.165, 1.54) is 16.9 Å². The van der Waals surface area contributed by atoms with Crippen LogP contribution in [-0.4, -0.2) is 37.7 Å². The maximum atomic E-state index is 13.3. The first-order chi connectivity index (χ1) is 13.9. The Kier molecular flexibility index (Phi) is 4.99. The lowest BCUT2D eigenvalue weighted by molar-refractivity contribution is -0.117. The third kappa shape index (κ3) is 3.82. The van der Waals surface area contributed by atoms with Crippen LogP contribution in [0.4, 0.5) is 20.3 Å². The highest BCUT2D eigenvalue weighted by atomic mass is 19.2. The molecule has 1 amide bonds. The number of nitrogens with zero attached hydrogens (tertiary/aromatic N) is 5. The van der Waals surface area contributed by atoms with Crippen LogP contribution in [0, 0.1) is 11.6 Å². The molecule has 0 radical (unpaired) electrons. The molecule has 1 aliphatic heterocycles. The molecule has 1 saturated heterocycles.